The predicted octanol–water partition coefficient (Wildman–Crippen LogP) is -0.0638. The van der Waals surface area contributed by atoms with Gasteiger partial charge in [0.2, 0.25) is 0 Å². The average molecular weight is 122 g/mol. The molecule has 1 rings (SSSR count). The zero-order chi connectivity index (χ0) is 6.69. The Kier molecular flexibility index (Phi) is 1.32. The van der Waals surface area contributed by atoms with Crippen molar-refractivity contribution >= 4 is 11.9 Å². The molecule has 0 N–H and O–H groups in total. The quantitative estimate of drug-likeness (QED) is 0.257. The van der Waals surface area contributed by atoms with Gasteiger partial charge >= 0.3 is 11.9 Å². The van der Waals surface area contributed by atoms with Crippen molar-refractivity contribution in [2.75, 3.05) is 0 Å². The Hall–Kier alpha value is -1.56. The van der Waals surface area contributed by atoms with Crippen molar-refractivity contribution in [3.8, 4) is 0 Å². The third kappa shape index (κ3) is 1.42. The van der Waals surface area contributed by atoms with Crippen LogP contribution in [0.3, 0.4) is 0 Å². The molecule has 1 aliphatic rings. The molecule has 3 nitrogen and oxygen atoms in total. The number of carbonyl (C=O) groups is 2. The summed E-state index contributed by atoms with van der Waals surface area (Å²) in [4.78, 5) is 20.5. The highest BCUT2D eigenvalue weighted by Gasteiger charge is 2.03. The molecule has 0 amide bonds. The van der Waals surface area contributed by atoms with Gasteiger partial charge in [0, 0.05) is 0 Å². The van der Waals surface area contributed by atoms with Crippen LogP contribution in [0.25, 0.3) is 0 Å². The highest BCUT2D eigenvalue weighted by Crippen LogP contribution is 1.86. The third-order valence-electron chi connectivity index (χ3n) is 0.665. The molecule has 0 atom stereocenters. The average Bonchev–Trinajstić information content (AvgIpc) is 1.93. The Labute approximate surface area is 50.9 Å². The molecular formula is C6H2O3. The molecular weight excluding hydrogens is 120 g/mol. The highest BCUT2D eigenvalue weighted by molar-refractivity contribution is 5.97. The van der Waals surface area contributed by atoms with E-state index in [0.717, 1.165) is 12.2 Å². The fourth-order valence-corrected chi connectivity index (χ4v) is 0.359. The fourth-order valence-electron chi connectivity index (χ4n) is 0.359. The third-order valence-corrected chi connectivity index (χ3v) is 0.665. The van der Waals surface area contributed by atoms with E-state index in [1.807, 2.05) is 0 Å². The second kappa shape index (κ2) is 2.14. The summed E-state index contributed by atoms with van der Waals surface area (Å²) >= 11 is 0. The van der Waals surface area contributed by atoms with Crippen LogP contribution in [0.4, 0.5) is 0 Å². The van der Waals surface area contributed by atoms with Crippen LogP contribution in [0, 0.1) is 0 Å². The van der Waals surface area contributed by atoms with Gasteiger partial charge in [0.05, 0.1) is 12.2 Å². The second-order valence-electron chi connectivity index (χ2n) is 1.32. The number of cyclic esters (lactones) is 2. The van der Waals surface area contributed by atoms with Gasteiger partial charge in [-0.2, -0.15) is 0 Å². The molecule has 44 valence electrons. The molecule has 1 heterocycles. The van der Waals surface area contributed by atoms with Crippen molar-refractivity contribution in [2.45, 2.75) is 0 Å². The monoisotopic (exact) mass is 122 g/mol. The van der Waals surface area contributed by atoms with Crippen LogP contribution in [0.1, 0.15) is 0 Å². The molecule has 0 unspecified atom stereocenters. The van der Waals surface area contributed by atoms with Crippen LogP contribution in [0.15, 0.2) is 23.6 Å². The molecule has 0 bridgehead atoms. The first-order valence-corrected chi connectivity index (χ1v) is 2.22. The lowest BCUT2D eigenvalue weighted by Gasteiger charge is -1.87. The predicted molar refractivity (Wildman–Crippen MR) is 27.3 cm³/mol. The molecule has 0 aromatic carbocycles. The first-order valence-electron chi connectivity index (χ1n) is 2.22. The van der Waals surface area contributed by atoms with Crippen molar-refractivity contribution in [3.05, 3.63) is 23.6 Å². The van der Waals surface area contributed by atoms with E-state index in [2.05, 4.69) is 16.2 Å². The minimum atomic E-state index is -0.707. The number of carbonyl (C=O) groups excluding carboxylic acids is 2. The van der Waals surface area contributed by atoms with Crippen molar-refractivity contribution in [1.29, 1.82) is 0 Å². The van der Waals surface area contributed by atoms with Crippen molar-refractivity contribution in [2.24, 2.45) is 0 Å². The molecule has 0 radical (unpaired) electrons. The van der Waals surface area contributed by atoms with Gasteiger partial charge in [0.25, 0.3) is 0 Å². The SMILES string of the molecule is O=C1C=C=C=CC(=O)O1. The van der Waals surface area contributed by atoms with Gasteiger partial charge in [-0.15, -0.1) is 0 Å². The normalized spacial score (nSPS) is 15.6. The van der Waals surface area contributed by atoms with Gasteiger partial charge in [0.1, 0.15) is 0 Å². The van der Waals surface area contributed by atoms with Gasteiger partial charge in [-0.05, 0) is 0 Å². The minimum Gasteiger partial charge on any atom is -0.386 e. The van der Waals surface area contributed by atoms with Gasteiger partial charge in [-0.25, -0.2) is 9.59 Å². The lowest BCUT2D eigenvalue weighted by molar-refractivity contribution is -0.152. The fraction of sp³-hybridized carbons (Fsp3) is 0. The number of hydrogen-bond acceptors (Lipinski definition) is 3. The zero-order valence-corrected chi connectivity index (χ0v) is 4.38. The van der Waals surface area contributed by atoms with Gasteiger partial charge in [0.15, 0.2) is 0 Å². The molecule has 1 aliphatic heterocycles. The first kappa shape index (κ1) is 5.57. The van der Waals surface area contributed by atoms with Crippen LogP contribution in [0.5, 0.6) is 0 Å². The van der Waals surface area contributed by atoms with Crippen molar-refractivity contribution in [1.82, 2.24) is 0 Å². The number of ether oxygens (including phenoxy) is 1. The maximum Gasteiger partial charge on any atom is 0.347 e. The van der Waals surface area contributed by atoms with E-state index >= 15 is 0 Å². The van der Waals surface area contributed by atoms with E-state index < -0.39 is 11.9 Å². The summed E-state index contributed by atoms with van der Waals surface area (Å²) in [6.07, 6.45) is 2.00. The standard InChI is InChI=1S/C6H2O3/c7-5-3-1-2-4-6(8)9-5/h3-4H. The summed E-state index contributed by atoms with van der Waals surface area (Å²) < 4.78 is 4.10. The van der Waals surface area contributed by atoms with E-state index in [1.54, 1.807) is 0 Å². The number of hydrogen-bond donors (Lipinski definition) is 0. The van der Waals surface area contributed by atoms with Crippen molar-refractivity contribution < 1.29 is 14.3 Å². The maximum atomic E-state index is 10.3. The summed E-state index contributed by atoms with van der Waals surface area (Å²) in [6.45, 7) is 0. The summed E-state index contributed by atoms with van der Waals surface area (Å²) in [7, 11) is 0. The van der Waals surface area contributed by atoms with E-state index in [4.69, 9.17) is 0 Å². The molecule has 0 saturated heterocycles. The van der Waals surface area contributed by atoms with Crippen LogP contribution in [0.2, 0.25) is 0 Å². The summed E-state index contributed by atoms with van der Waals surface area (Å²) in [5.74, 6) is -1.41. The molecule has 0 fully saturated rings. The van der Waals surface area contributed by atoms with Crippen LogP contribution < -0.4 is 0 Å². The van der Waals surface area contributed by atoms with E-state index in [9.17, 15) is 9.59 Å². The molecule has 9 heavy (non-hydrogen) atoms. The van der Waals surface area contributed by atoms with Crippen molar-refractivity contribution in [3.63, 3.8) is 0 Å². The smallest absolute Gasteiger partial charge is 0.347 e. The Bertz CT molecular complexity index is 223. The first-order chi connectivity index (χ1) is 4.29. The maximum absolute atomic E-state index is 10.3. The summed E-state index contributed by atoms with van der Waals surface area (Å²) in [5.41, 5.74) is 4.60. The van der Waals surface area contributed by atoms with E-state index in [-0.39, 0.29) is 0 Å². The van der Waals surface area contributed by atoms with Gasteiger partial charge < -0.3 is 4.74 Å². The molecule has 3 heteroatoms. The number of esters is 2. The topological polar surface area (TPSA) is 43.4 Å². The molecule has 0 aromatic heterocycles. The van der Waals surface area contributed by atoms with Crippen LogP contribution in [-0.4, -0.2) is 11.9 Å². The van der Waals surface area contributed by atoms with Crippen LogP contribution in [-0.2, 0) is 14.3 Å². The Balaban J connectivity index is 3.04. The Morgan fingerprint density at radius 2 is 1.56 bits per heavy atom. The number of rotatable bonds is 0. The van der Waals surface area contributed by atoms with Crippen LogP contribution >= 0.6 is 0 Å². The largest absolute Gasteiger partial charge is 0.386 e. The minimum absolute atomic E-state index is 0.707. The van der Waals surface area contributed by atoms with Gasteiger partial charge in [-0.3, -0.25) is 0 Å². The molecule has 0 spiro atoms. The second-order valence-corrected chi connectivity index (χ2v) is 1.32. The lowest BCUT2D eigenvalue weighted by Crippen LogP contribution is -2.05. The van der Waals surface area contributed by atoms with E-state index in [1.165, 1.54) is 0 Å². The van der Waals surface area contributed by atoms with E-state index in [0.29, 0.717) is 0 Å². The summed E-state index contributed by atoms with van der Waals surface area (Å²) in [5, 5.41) is 0. The lowest BCUT2D eigenvalue weighted by atomic mass is 10.6. The van der Waals surface area contributed by atoms with Gasteiger partial charge in [-0.1, -0.05) is 11.5 Å². The zero-order valence-electron chi connectivity index (χ0n) is 4.38. The molecule has 0 saturated carbocycles. The Morgan fingerprint density at radius 1 is 1.11 bits per heavy atom. The molecule has 0 aromatic rings. The Morgan fingerprint density at radius 3 is 2.00 bits per heavy atom. The highest BCUT2D eigenvalue weighted by atomic mass is 16.6. The molecule has 0 aliphatic carbocycles. The summed E-state index contributed by atoms with van der Waals surface area (Å²) in [6, 6.07) is 0.